The van der Waals surface area contributed by atoms with Crippen molar-refractivity contribution in [1.82, 2.24) is 14.5 Å². The van der Waals surface area contributed by atoms with Gasteiger partial charge in [-0.15, -0.1) is 11.3 Å². The Bertz CT molecular complexity index is 941. The maximum atomic E-state index is 6.03. The van der Waals surface area contributed by atoms with Crippen LogP contribution in [0.15, 0.2) is 41.9 Å². The second-order valence-electron chi connectivity index (χ2n) is 4.44. The molecule has 0 atom stereocenters. The number of anilines is 1. The van der Waals surface area contributed by atoms with E-state index < -0.39 is 0 Å². The second-order valence-corrected chi connectivity index (χ2v) is 5.83. The van der Waals surface area contributed by atoms with Gasteiger partial charge < -0.3 is 5.73 Å². The lowest BCUT2D eigenvalue weighted by Gasteiger charge is -2.05. The molecule has 2 N–H and O–H groups in total. The number of nitrogen functional groups attached to an aromatic ring is 1. The fourth-order valence-corrected chi connectivity index (χ4v) is 3.23. The number of hydrogen-bond acceptors (Lipinski definition) is 4. The molecule has 1 aromatic carbocycles. The molecule has 0 unspecified atom stereocenters. The van der Waals surface area contributed by atoms with Crippen molar-refractivity contribution < 1.29 is 0 Å². The Balaban J connectivity index is 2.03. The van der Waals surface area contributed by atoms with Gasteiger partial charge in [0.15, 0.2) is 5.65 Å². The minimum absolute atomic E-state index is 0.407. The Kier molecular flexibility index (Phi) is 2.45. The van der Waals surface area contributed by atoms with E-state index in [1.54, 1.807) is 23.6 Å². The first-order valence-corrected chi connectivity index (χ1v) is 7.25. The molecule has 4 rings (SSSR count). The Hall–Kier alpha value is -2.11. The van der Waals surface area contributed by atoms with Crippen LogP contribution in [0.3, 0.4) is 0 Å². The summed E-state index contributed by atoms with van der Waals surface area (Å²) in [5, 5.41) is 3.81. The number of benzene rings is 1. The number of nitrogens with two attached hydrogens (primary N) is 1. The molecule has 0 fully saturated rings. The highest BCUT2D eigenvalue weighted by molar-refractivity contribution is 7.17. The van der Waals surface area contributed by atoms with Crippen LogP contribution < -0.4 is 5.73 Å². The molecule has 4 nitrogen and oxygen atoms in total. The van der Waals surface area contributed by atoms with E-state index >= 15 is 0 Å². The number of pyridine rings is 1. The number of imidazole rings is 1. The first-order valence-electron chi connectivity index (χ1n) is 5.99. The molecule has 6 heteroatoms. The minimum atomic E-state index is 0.407. The van der Waals surface area contributed by atoms with Gasteiger partial charge in [-0.3, -0.25) is 4.57 Å². The lowest BCUT2D eigenvalue weighted by Crippen LogP contribution is -2.01. The van der Waals surface area contributed by atoms with Crippen LogP contribution in [0.5, 0.6) is 0 Å². The van der Waals surface area contributed by atoms with Gasteiger partial charge in [0.1, 0.15) is 5.52 Å². The summed E-state index contributed by atoms with van der Waals surface area (Å²) in [5.74, 6) is 0.407. The second kappa shape index (κ2) is 4.19. The van der Waals surface area contributed by atoms with Gasteiger partial charge in [-0.05, 0) is 41.1 Å². The molecular weight excluding hydrogens is 292 g/mol. The summed E-state index contributed by atoms with van der Waals surface area (Å²) >= 11 is 7.65. The van der Waals surface area contributed by atoms with Crippen LogP contribution >= 0.6 is 22.9 Å². The molecular formula is C14H9ClN4S. The number of fused-ring (bicyclic) bond motifs is 2. The van der Waals surface area contributed by atoms with Crippen LogP contribution in [-0.2, 0) is 0 Å². The van der Waals surface area contributed by atoms with Gasteiger partial charge in [0.2, 0.25) is 5.95 Å². The molecule has 0 saturated carbocycles. The van der Waals surface area contributed by atoms with E-state index in [9.17, 15) is 0 Å². The number of hydrogen-bond donors (Lipinski definition) is 1. The van der Waals surface area contributed by atoms with Crippen LogP contribution in [0.1, 0.15) is 0 Å². The standard InChI is InChI=1S/C14H9ClN4S/c15-9-6-11-13(17-7-9)19(14(16)18-11)10-1-2-12-8(5-10)3-4-20-12/h1-7H,(H2,16,18). The van der Waals surface area contributed by atoms with Gasteiger partial charge in [0, 0.05) is 10.9 Å². The summed E-state index contributed by atoms with van der Waals surface area (Å²) < 4.78 is 3.08. The fraction of sp³-hybridized carbons (Fsp3) is 0. The molecule has 0 aliphatic heterocycles. The summed E-state index contributed by atoms with van der Waals surface area (Å²) in [6, 6.07) is 10.0. The molecule has 0 spiro atoms. The Morgan fingerprint density at radius 3 is 3.00 bits per heavy atom. The Labute approximate surface area is 123 Å². The highest BCUT2D eigenvalue weighted by Gasteiger charge is 2.12. The minimum Gasteiger partial charge on any atom is -0.369 e. The number of thiophene rings is 1. The molecule has 0 bridgehead atoms. The molecule has 4 aromatic rings. The highest BCUT2D eigenvalue weighted by atomic mass is 35.5. The van der Waals surface area contributed by atoms with E-state index in [0.29, 0.717) is 22.1 Å². The number of aromatic nitrogens is 3. The SMILES string of the molecule is Nc1nc2cc(Cl)cnc2n1-c1ccc2sccc2c1. The van der Waals surface area contributed by atoms with Crippen molar-refractivity contribution in [3.63, 3.8) is 0 Å². The van der Waals surface area contributed by atoms with Crippen molar-refractivity contribution in [2.75, 3.05) is 5.73 Å². The van der Waals surface area contributed by atoms with Crippen LogP contribution in [-0.4, -0.2) is 14.5 Å². The van der Waals surface area contributed by atoms with E-state index in [0.717, 1.165) is 5.69 Å². The van der Waals surface area contributed by atoms with E-state index in [-0.39, 0.29) is 0 Å². The van der Waals surface area contributed by atoms with Gasteiger partial charge >= 0.3 is 0 Å². The zero-order valence-electron chi connectivity index (χ0n) is 10.2. The third-order valence-corrected chi connectivity index (χ3v) is 4.29. The van der Waals surface area contributed by atoms with Gasteiger partial charge in [-0.2, -0.15) is 0 Å². The molecule has 0 aliphatic carbocycles. The maximum Gasteiger partial charge on any atom is 0.207 e. The Morgan fingerprint density at radius 2 is 2.10 bits per heavy atom. The summed E-state index contributed by atoms with van der Waals surface area (Å²) in [5.41, 5.74) is 8.38. The number of halogens is 1. The largest absolute Gasteiger partial charge is 0.369 e. The summed E-state index contributed by atoms with van der Waals surface area (Å²) in [6.07, 6.45) is 1.60. The number of nitrogens with zero attached hydrogens (tertiary/aromatic N) is 3. The third kappa shape index (κ3) is 1.67. The van der Waals surface area contributed by atoms with Crippen molar-refractivity contribution in [3.05, 3.63) is 46.9 Å². The molecule has 3 aromatic heterocycles. The summed E-state index contributed by atoms with van der Waals surface area (Å²) in [4.78, 5) is 8.65. The maximum absolute atomic E-state index is 6.03. The highest BCUT2D eigenvalue weighted by Crippen LogP contribution is 2.27. The Morgan fingerprint density at radius 1 is 1.20 bits per heavy atom. The van der Waals surface area contributed by atoms with E-state index in [1.807, 2.05) is 10.6 Å². The first kappa shape index (κ1) is 11.7. The quantitative estimate of drug-likeness (QED) is 0.580. The summed E-state index contributed by atoms with van der Waals surface area (Å²) in [7, 11) is 0. The van der Waals surface area contributed by atoms with Gasteiger partial charge in [0.25, 0.3) is 0 Å². The smallest absolute Gasteiger partial charge is 0.207 e. The van der Waals surface area contributed by atoms with Crippen molar-refractivity contribution in [3.8, 4) is 5.69 Å². The zero-order chi connectivity index (χ0) is 13.7. The van der Waals surface area contributed by atoms with Crippen molar-refractivity contribution in [2.24, 2.45) is 0 Å². The number of rotatable bonds is 1. The molecule has 0 amide bonds. The third-order valence-electron chi connectivity index (χ3n) is 3.18. The van der Waals surface area contributed by atoms with Gasteiger partial charge in [-0.25, -0.2) is 9.97 Å². The van der Waals surface area contributed by atoms with Crippen molar-refractivity contribution in [1.29, 1.82) is 0 Å². The average molecular weight is 301 g/mol. The average Bonchev–Trinajstić information content (AvgIpc) is 3.00. The lowest BCUT2D eigenvalue weighted by molar-refractivity contribution is 1.09. The van der Waals surface area contributed by atoms with Gasteiger partial charge in [0.05, 0.1) is 10.7 Å². The molecule has 0 saturated heterocycles. The molecule has 0 radical (unpaired) electrons. The molecule has 0 aliphatic rings. The molecule has 20 heavy (non-hydrogen) atoms. The molecule has 3 heterocycles. The fourth-order valence-electron chi connectivity index (χ4n) is 2.31. The van der Waals surface area contributed by atoms with E-state index in [4.69, 9.17) is 17.3 Å². The van der Waals surface area contributed by atoms with E-state index in [2.05, 4.69) is 33.5 Å². The first-order chi connectivity index (χ1) is 9.72. The van der Waals surface area contributed by atoms with Gasteiger partial charge in [-0.1, -0.05) is 11.6 Å². The lowest BCUT2D eigenvalue weighted by atomic mass is 10.2. The zero-order valence-corrected chi connectivity index (χ0v) is 11.8. The normalized spacial score (nSPS) is 11.4. The predicted octanol–water partition coefficient (Wildman–Crippen LogP) is 3.87. The van der Waals surface area contributed by atoms with E-state index in [1.165, 1.54) is 10.1 Å². The topological polar surface area (TPSA) is 56.7 Å². The van der Waals surface area contributed by atoms with Crippen LogP contribution in [0.2, 0.25) is 5.02 Å². The summed E-state index contributed by atoms with van der Waals surface area (Å²) in [6.45, 7) is 0. The van der Waals surface area contributed by atoms with Crippen LogP contribution in [0.25, 0.3) is 26.9 Å². The van der Waals surface area contributed by atoms with Crippen LogP contribution in [0, 0.1) is 0 Å². The van der Waals surface area contributed by atoms with Crippen LogP contribution in [0.4, 0.5) is 5.95 Å². The monoisotopic (exact) mass is 300 g/mol. The van der Waals surface area contributed by atoms with Crippen molar-refractivity contribution in [2.45, 2.75) is 0 Å². The predicted molar refractivity (Wildman–Crippen MR) is 83.7 cm³/mol. The molecule has 98 valence electrons. The van der Waals surface area contributed by atoms with Crippen molar-refractivity contribution >= 4 is 50.1 Å².